The predicted molar refractivity (Wildman–Crippen MR) is 35.1 cm³/mol. The molecule has 2 aliphatic rings. The molecule has 2 fully saturated rings. The van der Waals surface area contributed by atoms with Gasteiger partial charge in [0.1, 0.15) is 0 Å². The van der Waals surface area contributed by atoms with Crippen molar-refractivity contribution >= 4 is 0 Å². The van der Waals surface area contributed by atoms with Gasteiger partial charge in [-0.05, 0) is 25.8 Å². The van der Waals surface area contributed by atoms with Crippen molar-refractivity contribution in [1.29, 1.82) is 0 Å². The number of fused-ring (bicyclic) bond motifs is 1. The van der Waals surface area contributed by atoms with Gasteiger partial charge in [-0.3, -0.25) is 0 Å². The summed E-state index contributed by atoms with van der Waals surface area (Å²) in [5.74, 6) is 0.596. The number of hydrogen-bond acceptors (Lipinski definition) is 2. The van der Waals surface area contributed by atoms with Crippen LogP contribution in [0.1, 0.15) is 19.3 Å². The van der Waals surface area contributed by atoms with Crippen LogP contribution in [0.3, 0.4) is 0 Å². The standard InChI is InChI=1S/C7H13NO/c9-7-4-6-5(7)2-1-3-8-6/h5-9H,1-4H2/t5-,6-,7-/m0/s1. The zero-order valence-corrected chi connectivity index (χ0v) is 5.51. The second-order valence-electron chi connectivity index (χ2n) is 3.17. The van der Waals surface area contributed by atoms with Crippen LogP contribution in [-0.4, -0.2) is 23.8 Å². The summed E-state index contributed by atoms with van der Waals surface area (Å²) in [5.41, 5.74) is 0. The lowest BCUT2D eigenvalue weighted by molar-refractivity contribution is -0.0273. The maximum absolute atomic E-state index is 9.20. The Balaban J connectivity index is 1.94. The molecule has 9 heavy (non-hydrogen) atoms. The van der Waals surface area contributed by atoms with Gasteiger partial charge in [-0.25, -0.2) is 0 Å². The van der Waals surface area contributed by atoms with E-state index in [2.05, 4.69) is 5.32 Å². The highest BCUT2D eigenvalue weighted by Gasteiger charge is 2.40. The van der Waals surface area contributed by atoms with Crippen LogP contribution < -0.4 is 5.32 Å². The van der Waals surface area contributed by atoms with Crippen molar-refractivity contribution < 1.29 is 5.11 Å². The van der Waals surface area contributed by atoms with Gasteiger partial charge < -0.3 is 10.4 Å². The average molecular weight is 127 g/mol. The third kappa shape index (κ3) is 0.775. The third-order valence-corrected chi connectivity index (χ3v) is 2.63. The number of aliphatic hydroxyl groups excluding tert-OH is 1. The molecule has 1 heterocycles. The summed E-state index contributed by atoms with van der Waals surface area (Å²) in [7, 11) is 0. The fraction of sp³-hybridized carbons (Fsp3) is 1.00. The van der Waals surface area contributed by atoms with Crippen LogP contribution in [0.4, 0.5) is 0 Å². The average Bonchev–Trinajstić information content (AvgIpc) is 1.86. The van der Waals surface area contributed by atoms with E-state index in [-0.39, 0.29) is 6.10 Å². The summed E-state index contributed by atoms with van der Waals surface area (Å²) >= 11 is 0. The van der Waals surface area contributed by atoms with Gasteiger partial charge in [0.05, 0.1) is 6.10 Å². The van der Waals surface area contributed by atoms with Gasteiger partial charge in [-0.1, -0.05) is 0 Å². The lowest BCUT2D eigenvalue weighted by Crippen LogP contribution is -2.56. The number of piperidine rings is 1. The molecule has 1 aliphatic carbocycles. The van der Waals surface area contributed by atoms with E-state index in [1.165, 1.54) is 12.8 Å². The number of rotatable bonds is 0. The molecule has 2 N–H and O–H groups in total. The maximum atomic E-state index is 9.20. The molecule has 1 saturated heterocycles. The van der Waals surface area contributed by atoms with Crippen molar-refractivity contribution in [1.82, 2.24) is 5.32 Å². The van der Waals surface area contributed by atoms with E-state index >= 15 is 0 Å². The SMILES string of the molecule is O[C@H]1C[C@@H]2NCCC[C@@H]21. The van der Waals surface area contributed by atoms with Crippen molar-refractivity contribution in [3.63, 3.8) is 0 Å². The summed E-state index contributed by atoms with van der Waals surface area (Å²) in [4.78, 5) is 0. The fourth-order valence-corrected chi connectivity index (χ4v) is 1.94. The molecule has 2 heteroatoms. The van der Waals surface area contributed by atoms with Gasteiger partial charge >= 0.3 is 0 Å². The molecule has 2 rings (SSSR count). The molecule has 0 unspecified atom stereocenters. The van der Waals surface area contributed by atoms with Gasteiger partial charge in [0.2, 0.25) is 0 Å². The van der Waals surface area contributed by atoms with Gasteiger partial charge in [-0.2, -0.15) is 0 Å². The maximum Gasteiger partial charge on any atom is 0.0598 e. The first kappa shape index (κ1) is 5.69. The molecule has 0 aromatic heterocycles. The Morgan fingerprint density at radius 1 is 1.44 bits per heavy atom. The van der Waals surface area contributed by atoms with Crippen molar-refractivity contribution in [2.75, 3.05) is 6.54 Å². The monoisotopic (exact) mass is 127 g/mol. The molecule has 1 saturated carbocycles. The van der Waals surface area contributed by atoms with Crippen LogP contribution in [0.25, 0.3) is 0 Å². The summed E-state index contributed by atoms with van der Waals surface area (Å²) in [6, 6.07) is 0.661. The lowest BCUT2D eigenvalue weighted by Gasteiger charge is -2.45. The highest BCUT2D eigenvalue weighted by molar-refractivity contribution is 4.96. The molecule has 0 aromatic rings. The Hall–Kier alpha value is -0.0800. The zero-order valence-electron chi connectivity index (χ0n) is 5.51. The van der Waals surface area contributed by atoms with Crippen LogP contribution in [0.2, 0.25) is 0 Å². The molecule has 3 atom stereocenters. The molecular formula is C7H13NO. The first-order chi connectivity index (χ1) is 4.38. The van der Waals surface area contributed by atoms with Crippen LogP contribution in [-0.2, 0) is 0 Å². The summed E-state index contributed by atoms with van der Waals surface area (Å²) in [6.07, 6.45) is 3.49. The van der Waals surface area contributed by atoms with Gasteiger partial charge in [0.25, 0.3) is 0 Å². The second kappa shape index (κ2) is 1.96. The molecule has 0 radical (unpaired) electrons. The van der Waals surface area contributed by atoms with Gasteiger partial charge in [0.15, 0.2) is 0 Å². The van der Waals surface area contributed by atoms with Gasteiger partial charge in [-0.15, -0.1) is 0 Å². The minimum absolute atomic E-state index is 0.0165. The Bertz CT molecular complexity index is 113. The molecule has 1 aliphatic heterocycles. The quantitative estimate of drug-likeness (QED) is 0.484. The lowest BCUT2D eigenvalue weighted by atomic mass is 9.72. The minimum atomic E-state index is 0.0165. The van der Waals surface area contributed by atoms with Crippen molar-refractivity contribution in [3.05, 3.63) is 0 Å². The summed E-state index contributed by atoms with van der Waals surface area (Å²) < 4.78 is 0. The van der Waals surface area contributed by atoms with E-state index in [4.69, 9.17) is 0 Å². The van der Waals surface area contributed by atoms with E-state index in [1.807, 2.05) is 0 Å². The van der Waals surface area contributed by atoms with Gasteiger partial charge in [0, 0.05) is 12.0 Å². The first-order valence-electron chi connectivity index (χ1n) is 3.79. The summed E-state index contributed by atoms with van der Waals surface area (Å²) in [6.45, 7) is 1.16. The van der Waals surface area contributed by atoms with Crippen LogP contribution in [0.15, 0.2) is 0 Å². The van der Waals surface area contributed by atoms with E-state index < -0.39 is 0 Å². The van der Waals surface area contributed by atoms with Crippen molar-refractivity contribution in [2.45, 2.75) is 31.4 Å². The van der Waals surface area contributed by atoms with Crippen LogP contribution in [0.5, 0.6) is 0 Å². The topological polar surface area (TPSA) is 32.3 Å². The van der Waals surface area contributed by atoms with Crippen molar-refractivity contribution in [3.8, 4) is 0 Å². The molecule has 0 amide bonds. The Morgan fingerprint density at radius 2 is 2.33 bits per heavy atom. The molecule has 2 nitrogen and oxygen atoms in total. The van der Waals surface area contributed by atoms with E-state index in [9.17, 15) is 5.11 Å². The number of nitrogens with one attached hydrogen (secondary N) is 1. The highest BCUT2D eigenvalue weighted by atomic mass is 16.3. The fourth-order valence-electron chi connectivity index (χ4n) is 1.94. The molecule has 0 spiro atoms. The summed E-state index contributed by atoms with van der Waals surface area (Å²) in [5, 5.41) is 12.6. The Morgan fingerprint density at radius 3 is 2.89 bits per heavy atom. The number of hydrogen-bond donors (Lipinski definition) is 2. The number of aliphatic hydroxyl groups is 1. The van der Waals surface area contributed by atoms with Crippen LogP contribution >= 0.6 is 0 Å². The third-order valence-electron chi connectivity index (χ3n) is 2.63. The normalized spacial score (nSPS) is 49.7. The smallest absolute Gasteiger partial charge is 0.0598 e. The largest absolute Gasteiger partial charge is 0.393 e. The molecule has 0 bridgehead atoms. The van der Waals surface area contributed by atoms with E-state index in [0.717, 1.165) is 13.0 Å². The Kier molecular flexibility index (Phi) is 1.24. The van der Waals surface area contributed by atoms with E-state index in [0.29, 0.717) is 12.0 Å². The Labute approximate surface area is 55.3 Å². The first-order valence-corrected chi connectivity index (χ1v) is 3.79. The zero-order chi connectivity index (χ0) is 6.27. The van der Waals surface area contributed by atoms with E-state index in [1.54, 1.807) is 0 Å². The second-order valence-corrected chi connectivity index (χ2v) is 3.17. The minimum Gasteiger partial charge on any atom is -0.393 e. The molecule has 52 valence electrons. The van der Waals surface area contributed by atoms with Crippen LogP contribution in [0, 0.1) is 5.92 Å². The molecule has 0 aromatic carbocycles. The predicted octanol–water partition coefficient (Wildman–Crippen LogP) is 0.119. The van der Waals surface area contributed by atoms with Crippen molar-refractivity contribution in [2.24, 2.45) is 5.92 Å². The highest BCUT2D eigenvalue weighted by Crippen LogP contribution is 2.34. The molecular weight excluding hydrogens is 114 g/mol.